The van der Waals surface area contributed by atoms with Crippen LogP contribution in [0.5, 0.6) is 0 Å². The van der Waals surface area contributed by atoms with Crippen molar-refractivity contribution >= 4 is 6.21 Å². The molecule has 1 heterocycles. The van der Waals surface area contributed by atoms with E-state index in [0.29, 0.717) is 6.04 Å². The Morgan fingerprint density at radius 3 is 3.00 bits per heavy atom. The normalized spacial score (nSPS) is 32.0. The largest absolute Gasteiger partial charge is 0.320 e. The molecule has 3 heteroatoms. The zero-order chi connectivity index (χ0) is 9.26. The quantitative estimate of drug-likeness (QED) is 0.687. The van der Waals surface area contributed by atoms with Crippen molar-refractivity contribution < 1.29 is 0 Å². The summed E-state index contributed by atoms with van der Waals surface area (Å²) in [6.07, 6.45) is 5.90. The van der Waals surface area contributed by atoms with Crippen molar-refractivity contribution in [1.29, 1.82) is 0 Å². The number of fused-ring (bicyclic) bond motifs is 1. The van der Waals surface area contributed by atoms with Crippen molar-refractivity contribution in [3.63, 3.8) is 0 Å². The first-order valence-electron chi connectivity index (χ1n) is 5.33. The first kappa shape index (κ1) is 9.00. The molecule has 0 radical (unpaired) electrons. The topological polar surface area (TPSA) is 27.6 Å². The molecule has 0 aromatic heterocycles. The molecule has 1 aliphatic carbocycles. The van der Waals surface area contributed by atoms with Crippen LogP contribution < -0.4 is 5.32 Å². The first-order chi connectivity index (χ1) is 6.36. The summed E-state index contributed by atoms with van der Waals surface area (Å²) in [4.78, 5) is 0. The van der Waals surface area contributed by atoms with Crippen LogP contribution in [0.15, 0.2) is 5.10 Å². The van der Waals surface area contributed by atoms with E-state index in [0.717, 1.165) is 18.5 Å². The fraction of sp³-hybridized carbons (Fsp3) is 0.900. The van der Waals surface area contributed by atoms with Crippen LogP contribution in [0.2, 0.25) is 0 Å². The number of nitrogens with one attached hydrogen (secondary N) is 1. The average molecular weight is 181 g/mol. The highest BCUT2D eigenvalue weighted by Gasteiger charge is 2.46. The van der Waals surface area contributed by atoms with Crippen molar-refractivity contribution in [1.82, 2.24) is 10.3 Å². The molecule has 1 N–H and O–H groups in total. The van der Waals surface area contributed by atoms with Crippen molar-refractivity contribution in [2.75, 3.05) is 13.6 Å². The Balaban J connectivity index is 1.85. The van der Waals surface area contributed by atoms with Crippen LogP contribution in [0.4, 0.5) is 0 Å². The number of hydrogen-bond donors (Lipinski definition) is 1. The molecule has 0 bridgehead atoms. The van der Waals surface area contributed by atoms with E-state index in [9.17, 15) is 0 Å². The molecule has 3 atom stereocenters. The van der Waals surface area contributed by atoms with E-state index in [2.05, 4.69) is 28.6 Å². The van der Waals surface area contributed by atoms with Gasteiger partial charge in [-0.25, -0.2) is 0 Å². The zero-order valence-electron chi connectivity index (χ0n) is 8.53. The van der Waals surface area contributed by atoms with E-state index >= 15 is 0 Å². The molecule has 2 aliphatic rings. The lowest BCUT2D eigenvalue weighted by Gasteiger charge is -2.26. The summed E-state index contributed by atoms with van der Waals surface area (Å²) < 4.78 is 0. The van der Waals surface area contributed by atoms with Crippen molar-refractivity contribution in [2.45, 2.75) is 38.3 Å². The second-order valence-corrected chi connectivity index (χ2v) is 4.07. The fourth-order valence-corrected chi connectivity index (χ4v) is 2.11. The summed E-state index contributed by atoms with van der Waals surface area (Å²) in [5, 5.41) is 10.0. The summed E-state index contributed by atoms with van der Waals surface area (Å²) in [5.74, 6) is 0.795. The van der Waals surface area contributed by atoms with Gasteiger partial charge in [0.15, 0.2) is 0 Å². The summed E-state index contributed by atoms with van der Waals surface area (Å²) in [6, 6.07) is 1.42. The third-order valence-electron chi connectivity index (χ3n) is 3.11. The number of nitrogens with zero attached hydrogens (tertiary/aromatic N) is 2. The van der Waals surface area contributed by atoms with Gasteiger partial charge in [0.05, 0.1) is 6.04 Å². The van der Waals surface area contributed by atoms with Gasteiger partial charge in [-0.2, -0.15) is 5.10 Å². The zero-order valence-corrected chi connectivity index (χ0v) is 8.53. The Morgan fingerprint density at radius 2 is 2.54 bits per heavy atom. The van der Waals surface area contributed by atoms with Gasteiger partial charge in [0, 0.05) is 18.2 Å². The van der Waals surface area contributed by atoms with Gasteiger partial charge in [0.2, 0.25) is 0 Å². The summed E-state index contributed by atoms with van der Waals surface area (Å²) in [7, 11) is 2.01. The minimum atomic E-state index is 0.654. The molecule has 74 valence electrons. The summed E-state index contributed by atoms with van der Waals surface area (Å²) >= 11 is 0. The summed E-state index contributed by atoms with van der Waals surface area (Å²) in [5.41, 5.74) is 0. The summed E-state index contributed by atoms with van der Waals surface area (Å²) in [6.45, 7) is 3.35. The maximum absolute atomic E-state index is 4.47. The molecule has 0 saturated heterocycles. The lowest BCUT2D eigenvalue weighted by Crippen LogP contribution is -2.33. The standard InChI is InChI=1S/C10H19N3/c1-3-9(4-5-11-2)13-10-6-8(10)7-12-13/h7-11H,3-6H2,1-2H3. The molecule has 2 rings (SSSR count). The van der Waals surface area contributed by atoms with Crippen LogP contribution in [-0.4, -0.2) is 36.9 Å². The molecule has 0 spiro atoms. The van der Waals surface area contributed by atoms with E-state index in [1.165, 1.54) is 19.3 Å². The minimum absolute atomic E-state index is 0.654. The maximum atomic E-state index is 4.47. The smallest absolute Gasteiger partial charge is 0.0559 e. The van der Waals surface area contributed by atoms with Crippen LogP contribution in [0.3, 0.4) is 0 Å². The van der Waals surface area contributed by atoms with Gasteiger partial charge >= 0.3 is 0 Å². The molecule has 3 nitrogen and oxygen atoms in total. The lowest BCUT2D eigenvalue weighted by molar-refractivity contribution is 0.187. The molecule has 0 amide bonds. The highest BCUT2D eigenvalue weighted by atomic mass is 15.5. The average Bonchev–Trinajstić information content (AvgIpc) is 2.82. The molecule has 0 aromatic rings. The lowest BCUT2D eigenvalue weighted by atomic mass is 10.1. The van der Waals surface area contributed by atoms with E-state index in [-0.39, 0.29) is 0 Å². The second kappa shape index (κ2) is 3.66. The fourth-order valence-electron chi connectivity index (χ4n) is 2.11. The molecular weight excluding hydrogens is 162 g/mol. The number of rotatable bonds is 5. The van der Waals surface area contributed by atoms with Crippen LogP contribution in [0.25, 0.3) is 0 Å². The van der Waals surface area contributed by atoms with E-state index in [4.69, 9.17) is 0 Å². The van der Waals surface area contributed by atoms with Crippen molar-refractivity contribution in [3.05, 3.63) is 0 Å². The molecule has 1 fully saturated rings. The molecule has 3 unspecified atom stereocenters. The van der Waals surface area contributed by atoms with E-state index in [1.807, 2.05) is 7.05 Å². The minimum Gasteiger partial charge on any atom is -0.320 e. The third kappa shape index (κ3) is 1.70. The predicted molar refractivity (Wildman–Crippen MR) is 54.8 cm³/mol. The van der Waals surface area contributed by atoms with Gasteiger partial charge in [-0.3, -0.25) is 5.01 Å². The third-order valence-corrected chi connectivity index (χ3v) is 3.11. The van der Waals surface area contributed by atoms with Crippen LogP contribution in [-0.2, 0) is 0 Å². The van der Waals surface area contributed by atoms with Crippen LogP contribution in [0, 0.1) is 5.92 Å². The molecule has 1 saturated carbocycles. The number of hydrogen-bond acceptors (Lipinski definition) is 3. The van der Waals surface area contributed by atoms with Gasteiger partial charge in [-0.1, -0.05) is 6.92 Å². The Kier molecular flexibility index (Phi) is 2.54. The number of hydrazone groups is 1. The van der Waals surface area contributed by atoms with E-state index < -0.39 is 0 Å². The Labute approximate surface area is 80.2 Å². The second-order valence-electron chi connectivity index (χ2n) is 4.07. The van der Waals surface area contributed by atoms with Crippen LogP contribution in [0.1, 0.15) is 26.2 Å². The molecule has 0 aromatic carbocycles. The highest BCUT2D eigenvalue weighted by Crippen LogP contribution is 2.40. The van der Waals surface area contributed by atoms with Gasteiger partial charge in [0.25, 0.3) is 0 Å². The van der Waals surface area contributed by atoms with Gasteiger partial charge in [-0.05, 0) is 32.9 Å². The Hall–Kier alpha value is -0.570. The molecular formula is C10H19N3. The van der Waals surface area contributed by atoms with E-state index in [1.54, 1.807) is 0 Å². The van der Waals surface area contributed by atoms with Gasteiger partial charge < -0.3 is 5.32 Å². The van der Waals surface area contributed by atoms with Crippen molar-refractivity contribution in [3.8, 4) is 0 Å². The SMILES string of the molecule is CCC(CCNC)N1N=CC2CC21. The predicted octanol–water partition coefficient (Wildman–Crippen LogP) is 1.06. The highest BCUT2D eigenvalue weighted by molar-refractivity contribution is 5.68. The Morgan fingerprint density at radius 1 is 1.69 bits per heavy atom. The monoisotopic (exact) mass is 181 g/mol. The first-order valence-corrected chi connectivity index (χ1v) is 5.33. The molecule has 13 heavy (non-hydrogen) atoms. The maximum Gasteiger partial charge on any atom is 0.0559 e. The van der Waals surface area contributed by atoms with Gasteiger partial charge in [0.1, 0.15) is 0 Å². The van der Waals surface area contributed by atoms with Crippen LogP contribution >= 0.6 is 0 Å². The Bertz CT molecular complexity index is 202. The molecule has 1 aliphatic heterocycles. The van der Waals surface area contributed by atoms with Gasteiger partial charge in [-0.15, -0.1) is 0 Å². The van der Waals surface area contributed by atoms with Crippen molar-refractivity contribution in [2.24, 2.45) is 11.0 Å².